The standard InChI is InChI=1S/C30H21FN4O5S/c1-2-23(28(36)35-30-34-22(16-41-30)17-7-10-19(31)11-8-17)40-29(37)18-9-12-20-21(15-18)33-27(25-6-4-14-39-25)26(32-20)24-5-3-13-38-24/h3-16,23H,2H2,1H3,(H,34,35,36). The van der Waals surface area contributed by atoms with E-state index < -0.39 is 18.0 Å². The van der Waals surface area contributed by atoms with E-state index in [4.69, 9.17) is 23.5 Å². The molecule has 6 rings (SSSR count). The van der Waals surface area contributed by atoms with Crippen molar-refractivity contribution in [2.75, 3.05) is 5.32 Å². The Morgan fingerprint density at radius 3 is 2.24 bits per heavy atom. The summed E-state index contributed by atoms with van der Waals surface area (Å²) >= 11 is 1.21. The molecule has 1 unspecified atom stereocenters. The van der Waals surface area contributed by atoms with Crippen LogP contribution in [0.2, 0.25) is 0 Å². The van der Waals surface area contributed by atoms with Crippen LogP contribution in [0, 0.1) is 5.82 Å². The second-order valence-corrected chi connectivity index (χ2v) is 9.77. The van der Waals surface area contributed by atoms with E-state index in [0.717, 1.165) is 0 Å². The van der Waals surface area contributed by atoms with Crippen LogP contribution in [0.5, 0.6) is 0 Å². The van der Waals surface area contributed by atoms with E-state index in [0.29, 0.717) is 50.3 Å². The molecule has 1 atom stereocenters. The van der Waals surface area contributed by atoms with Crippen molar-refractivity contribution >= 4 is 39.4 Å². The van der Waals surface area contributed by atoms with Gasteiger partial charge in [0.2, 0.25) is 0 Å². The van der Waals surface area contributed by atoms with Crippen molar-refractivity contribution in [3.05, 3.63) is 96.0 Å². The molecule has 41 heavy (non-hydrogen) atoms. The molecule has 0 spiro atoms. The van der Waals surface area contributed by atoms with Crippen molar-refractivity contribution in [2.24, 2.45) is 0 Å². The number of carbonyl (C=O) groups excluding carboxylic acids is 2. The lowest BCUT2D eigenvalue weighted by atomic mass is 10.1. The summed E-state index contributed by atoms with van der Waals surface area (Å²) in [5.74, 6) is -0.524. The lowest BCUT2D eigenvalue weighted by molar-refractivity contribution is -0.124. The number of aromatic nitrogens is 3. The predicted molar refractivity (Wildman–Crippen MR) is 151 cm³/mol. The Labute approximate surface area is 236 Å². The summed E-state index contributed by atoms with van der Waals surface area (Å²) in [6.07, 6.45) is 2.27. The van der Waals surface area contributed by atoms with Crippen molar-refractivity contribution in [3.63, 3.8) is 0 Å². The molecule has 1 N–H and O–H groups in total. The van der Waals surface area contributed by atoms with Crippen molar-refractivity contribution < 1.29 is 27.6 Å². The van der Waals surface area contributed by atoms with Crippen LogP contribution in [0.3, 0.4) is 0 Å². The highest BCUT2D eigenvalue weighted by Crippen LogP contribution is 2.32. The first-order chi connectivity index (χ1) is 20.0. The van der Waals surface area contributed by atoms with E-state index in [1.165, 1.54) is 29.7 Å². The molecule has 204 valence electrons. The minimum atomic E-state index is -1.05. The SMILES string of the molecule is CCC(OC(=O)c1ccc2nc(-c3ccco3)c(-c3ccco3)nc2c1)C(=O)Nc1nc(-c2ccc(F)cc2)cs1. The molecule has 0 saturated carbocycles. The molecule has 0 aliphatic carbocycles. The molecule has 0 saturated heterocycles. The lowest BCUT2D eigenvalue weighted by Gasteiger charge is -2.15. The first kappa shape index (κ1) is 26.1. The van der Waals surface area contributed by atoms with Gasteiger partial charge in [-0.3, -0.25) is 10.1 Å². The number of carbonyl (C=O) groups is 2. The number of thiazole rings is 1. The molecule has 9 nitrogen and oxygen atoms in total. The van der Waals surface area contributed by atoms with Crippen molar-refractivity contribution in [3.8, 4) is 34.2 Å². The Morgan fingerprint density at radius 1 is 0.927 bits per heavy atom. The van der Waals surface area contributed by atoms with Crippen LogP contribution in [0.15, 0.2) is 93.5 Å². The van der Waals surface area contributed by atoms with Gasteiger partial charge in [0.25, 0.3) is 5.91 Å². The summed E-state index contributed by atoms with van der Waals surface area (Å²) < 4.78 is 29.9. The first-order valence-electron chi connectivity index (χ1n) is 12.6. The Bertz CT molecular complexity index is 1830. The van der Waals surface area contributed by atoms with E-state index in [1.807, 2.05) is 0 Å². The zero-order valence-electron chi connectivity index (χ0n) is 21.5. The van der Waals surface area contributed by atoms with Crippen LogP contribution < -0.4 is 5.32 Å². The molecule has 4 aromatic heterocycles. The van der Waals surface area contributed by atoms with E-state index >= 15 is 0 Å². The van der Waals surface area contributed by atoms with Crippen LogP contribution >= 0.6 is 11.3 Å². The molecule has 4 heterocycles. The van der Waals surface area contributed by atoms with Gasteiger partial charge in [0.05, 0.1) is 34.8 Å². The number of benzene rings is 2. The monoisotopic (exact) mass is 568 g/mol. The summed E-state index contributed by atoms with van der Waals surface area (Å²) in [4.78, 5) is 39.8. The van der Waals surface area contributed by atoms with Crippen LogP contribution in [-0.2, 0) is 9.53 Å². The Morgan fingerprint density at radius 2 is 1.61 bits per heavy atom. The molecular weight excluding hydrogens is 547 g/mol. The van der Waals surface area contributed by atoms with Crippen LogP contribution in [-0.4, -0.2) is 32.9 Å². The Balaban J connectivity index is 1.20. The summed E-state index contributed by atoms with van der Waals surface area (Å²) in [5, 5.41) is 4.79. The average molecular weight is 569 g/mol. The number of anilines is 1. The molecule has 0 aliphatic rings. The molecule has 0 fully saturated rings. The quantitative estimate of drug-likeness (QED) is 0.195. The number of amides is 1. The molecule has 1 amide bonds. The highest BCUT2D eigenvalue weighted by atomic mass is 32.1. The number of furan rings is 2. The highest BCUT2D eigenvalue weighted by Gasteiger charge is 2.24. The Kier molecular flexibility index (Phi) is 7.09. The van der Waals surface area contributed by atoms with Crippen molar-refractivity contribution in [1.29, 1.82) is 0 Å². The Hall–Kier alpha value is -5.16. The zero-order valence-corrected chi connectivity index (χ0v) is 22.4. The molecule has 6 aromatic rings. The second-order valence-electron chi connectivity index (χ2n) is 8.92. The minimum absolute atomic E-state index is 0.210. The van der Waals surface area contributed by atoms with Crippen LogP contribution in [0.25, 0.3) is 45.2 Å². The van der Waals surface area contributed by atoms with Crippen molar-refractivity contribution in [2.45, 2.75) is 19.4 Å². The van der Waals surface area contributed by atoms with E-state index in [2.05, 4.69) is 10.3 Å². The topological polar surface area (TPSA) is 120 Å². The van der Waals surface area contributed by atoms with Gasteiger partial charge in [-0.05, 0) is 73.2 Å². The smallest absolute Gasteiger partial charge is 0.338 e. The fourth-order valence-electron chi connectivity index (χ4n) is 4.14. The average Bonchev–Trinajstić information content (AvgIpc) is 3.79. The number of rotatable bonds is 8. The van der Waals surface area contributed by atoms with Gasteiger partial charge < -0.3 is 13.6 Å². The van der Waals surface area contributed by atoms with Crippen LogP contribution in [0.1, 0.15) is 23.7 Å². The number of hydrogen-bond acceptors (Lipinski definition) is 9. The molecule has 0 bridgehead atoms. The van der Waals surface area contributed by atoms with Gasteiger partial charge in [0, 0.05) is 10.9 Å². The summed E-state index contributed by atoms with van der Waals surface area (Å²) in [7, 11) is 0. The number of nitrogens with zero attached hydrogens (tertiary/aromatic N) is 3. The third-order valence-electron chi connectivity index (χ3n) is 6.20. The summed E-state index contributed by atoms with van der Waals surface area (Å²) in [6, 6.07) is 17.7. The van der Waals surface area contributed by atoms with Gasteiger partial charge in [-0.2, -0.15) is 0 Å². The van der Waals surface area contributed by atoms with Gasteiger partial charge in [-0.1, -0.05) is 6.92 Å². The third-order valence-corrected chi connectivity index (χ3v) is 6.95. The van der Waals surface area contributed by atoms with E-state index in [9.17, 15) is 14.0 Å². The summed E-state index contributed by atoms with van der Waals surface area (Å²) in [6.45, 7) is 1.74. The highest BCUT2D eigenvalue weighted by molar-refractivity contribution is 7.14. The maximum Gasteiger partial charge on any atom is 0.338 e. The fraction of sp³-hybridized carbons (Fsp3) is 0.100. The third kappa shape index (κ3) is 5.48. The molecule has 11 heteroatoms. The van der Waals surface area contributed by atoms with Gasteiger partial charge in [-0.15, -0.1) is 11.3 Å². The number of nitrogens with one attached hydrogen (secondary N) is 1. The van der Waals surface area contributed by atoms with Crippen molar-refractivity contribution in [1.82, 2.24) is 15.0 Å². The fourth-order valence-corrected chi connectivity index (χ4v) is 4.86. The van der Waals surface area contributed by atoms with E-state index in [-0.39, 0.29) is 17.8 Å². The van der Waals surface area contributed by atoms with Gasteiger partial charge >= 0.3 is 5.97 Å². The normalized spacial score (nSPS) is 11.9. The van der Waals surface area contributed by atoms with Gasteiger partial charge in [-0.25, -0.2) is 24.1 Å². The zero-order chi connectivity index (χ0) is 28.3. The number of fused-ring (bicyclic) bond motifs is 1. The van der Waals surface area contributed by atoms with Crippen LogP contribution in [0.4, 0.5) is 9.52 Å². The van der Waals surface area contributed by atoms with E-state index in [1.54, 1.807) is 73.2 Å². The maximum atomic E-state index is 13.2. The number of esters is 1. The minimum Gasteiger partial charge on any atom is -0.463 e. The predicted octanol–water partition coefficient (Wildman–Crippen LogP) is 6.99. The maximum absolute atomic E-state index is 13.2. The second kappa shape index (κ2) is 11.1. The molecule has 0 aliphatic heterocycles. The number of halogens is 1. The number of hydrogen-bond donors (Lipinski definition) is 1. The van der Waals surface area contributed by atoms with Gasteiger partial charge in [0.1, 0.15) is 17.2 Å². The number of ether oxygens (including phenoxy) is 1. The largest absolute Gasteiger partial charge is 0.463 e. The lowest BCUT2D eigenvalue weighted by Crippen LogP contribution is -2.32. The molecule has 2 aromatic carbocycles. The molecular formula is C30H21FN4O5S. The molecule has 0 radical (unpaired) electrons. The first-order valence-corrected chi connectivity index (χ1v) is 13.5. The summed E-state index contributed by atoms with van der Waals surface area (Å²) in [5.41, 5.74) is 3.45. The van der Waals surface area contributed by atoms with Gasteiger partial charge in [0.15, 0.2) is 22.8 Å².